The number of aliphatic carboxylic acids is 1. The number of carboxylic acids is 1. The van der Waals surface area contributed by atoms with Gasteiger partial charge in [-0.15, -0.1) is 0 Å². The molecule has 86 valence electrons. The lowest BCUT2D eigenvalue weighted by molar-refractivity contribution is -0.385. The molecular weight excluding hydrogens is 282 g/mol. The summed E-state index contributed by atoms with van der Waals surface area (Å²) in [6.07, 6.45) is -1.68. The minimum Gasteiger partial charge on any atom is -0.479 e. The van der Waals surface area contributed by atoms with Gasteiger partial charge in [-0.05, 0) is 40.0 Å². The molecule has 0 bridgehead atoms. The first-order valence-corrected chi connectivity index (χ1v) is 4.99. The number of benzene rings is 1. The molecule has 0 aliphatic heterocycles. The van der Waals surface area contributed by atoms with E-state index in [4.69, 9.17) is 5.11 Å². The molecule has 0 fully saturated rings. The van der Waals surface area contributed by atoms with Crippen molar-refractivity contribution in [3.05, 3.63) is 37.8 Å². The predicted octanol–water partition coefficient (Wildman–Crippen LogP) is 1.78. The van der Waals surface area contributed by atoms with E-state index in [1.54, 1.807) is 0 Å². The topological polar surface area (TPSA) is 101 Å². The molecule has 0 heterocycles. The SMILES string of the molecule is Cc1cc([N+](=O)[O-])c(Br)cc1C(O)C(=O)O. The highest BCUT2D eigenvalue weighted by molar-refractivity contribution is 9.10. The maximum Gasteiger partial charge on any atom is 0.337 e. The number of halogens is 1. The van der Waals surface area contributed by atoms with Crippen LogP contribution in [-0.4, -0.2) is 21.1 Å². The van der Waals surface area contributed by atoms with Gasteiger partial charge in [0.2, 0.25) is 0 Å². The average Bonchev–Trinajstić information content (AvgIpc) is 2.19. The lowest BCUT2D eigenvalue weighted by atomic mass is 10.0. The van der Waals surface area contributed by atoms with Gasteiger partial charge in [0.25, 0.3) is 5.69 Å². The van der Waals surface area contributed by atoms with Gasteiger partial charge in [0.05, 0.1) is 9.40 Å². The van der Waals surface area contributed by atoms with Crippen LogP contribution in [0.4, 0.5) is 5.69 Å². The maximum absolute atomic E-state index is 10.6. The van der Waals surface area contributed by atoms with E-state index >= 15 is 0 Å². The van der Waals surface area contributed by atoms with Crippen LogP contribution in [-0.2, 0) is 4.79 Å². The Kier molecular flexibility index (Phi) is 3.61. The molecule has 1 aromatic rings. The third-order valence-corrected chi connectivity index (χ3v) is 2.70. The summed E-state index contributed by atoms with van der Waals surface area (Å²) < 4.78 is 0.137. The number of carbonyl (C=O) groups is 1. The highest BCUT2D eigenvalue weighted by atomic mass is 79.9. The van der Waals surface area contributed by atoms with Gasteiger partial charge < -0.3 is 10.2 Å². The smallest absolute Gasteiger partial charge is 0.337 e. The van der Waals surface area contributed by atoms with Crippen LogP contribution < -0.4 is 0 Å². The van der Waals surface area contributed by atoms with Crippen LogP contribution in [0.1, 0.15) is 17.2 Å². The summed E-state index contributed by atoms with van der Waals surface area (Å²) in [5.41, 5.74) is 0.314. The third-order valence-electron chi connectivity index (χ3n) is 2.06. The molecule has 1 aromatic carbocycles. The van der Waals surface area contributed by atoms with E-state index in [0.717, 1.165) is 0 Å². The van der Waals surface area contributed by atoms with Crippen molar-refractivity contribution in [3.8, 4) is 0 Å². The Morgan fingerprint density at radius 3 is 2.56 bits per heavy atom. The van der Waals surface area contributed by atoms with Crippen molar-refractivity contribution in [2.75, 3.05) is 0 Å². The molecule has 0 aliphatic carbocycles. The Balaban J connectivity index is 3.31. The van der Waals surface area contributed by atoms with Gasteiger partial charge >= 0.3 is 5.97 Å². The maximum atomic E-state index is 10.6. The van der Waals surface area contributed by atoms with E-state index < -0.39 is 17.0 Å². The molecule has 0 spiro atoms. The van der Waals surface area contributed by atoms with Crippen LogP contribution in [0.3, 0.4) is 0 Å². The zero-order valence-corrected chi connectivity index (χ0v) is 9.76. The number of aryl methyl sites for hydroxylation is 1. The molecule has 16 heavy (non-hydrogen) atoms. The van der Waals surface area contributed by atoms with Crippen LogP contribution >= 0.6 is 15.9 Å². The first-order valence-electron chi connectivity index (χ1n) is 4.20. The summed E-state index contributed by atoms with van der Waals surface area (Å²) in [5, 5.41) is 28.6. The molecule has 6 nitrogen and oxygen atoms in total. The molecule has 0 amide bonds. The number of rotatable bonds is 3. The van der Waals surface area contributed by atoms with E-state index in [1.165, 1.54) is 19.1 Å². The number of nitro benzene ring substituents is 1. The summed E-state index contributed by atoms with van der Waals surface area (Å²) in [4.78, 5) is 20.6. The van der Waals surface area contributed by atoms with E-state index in [1.807, 2.05) is 0 Å². The van der Waals surface area contributed by atoms with Crippen molar-refractivity contribution in [2.45, 2.75) is 13.0 Å². The predicted molar refractivity (Wildman–Crippen MR) is 58.1 cm³/mol. The lowest BCUT2D eigenvalue weighted by Gasteiger charge is -2.10. The largest absolute Gasteiger partial charge is 0.479 e. The minimum absolute atomic E-state index is 0.130. The van der Waals surface area contributed by atoms with Crippen LogP contribution in [0.5, 0.6) is 0 Å². The number of nitrogens with zero attached hydrogens (tertiary/aromatic N) is 1. The molecule has 1 atom stereocenters. The first-order chi connectivity index (χ1) is 7.34. The molecule has 2 N–H and O–H groups in total. The number of aliphatic hydroxyl groups is 1. The summed E-state index contributed by atoms with van der Waals surface area (Å²) >= 11 is 2.95. The molecule has 0 aromatic heterocycles. The summed E-state index contributed by atoms with van der Waals surface area (Å²) in [7, 11) is 0. The normalized spacial score (nSPS) is 12.2. The van der Waals surface area contributed by atoms with E-state index in [9.17, 15) is 20.0 Å². The second-order valence-electron chi connectivity index (χ2n) is 3.16. The second kappa shape index (κ2) is 4.58. The number of aliphatic hydroxyl groups excluding tert-OH is 1. The van der Waals surface area contributed by atoms with Crippen molar-refractivity contribution >= 4 is 27.6 Å². The van der Waals surface area contributed by atoms with Crippen molar-refractivity contribution < 1.29 is 19.9 Å². The van der Waals surface area contributed by atoms with Gasteiger partial charge in [0, 0.05) is 6.07 Å². The first kappa shape index (κ1) is 12.6. The van der Waals surface area contributed by atoms with Crippen molar-refractivity contribution in [1.82, 2.24) is 0 Å². The zero-order chi connectivity index (χ0) is 12.5. The third kappa shape index (κ3) is 2.37. The van der Waals surface area contributed by atoms with E-state index in [2.05, 4.69) is 15.9 Å². The van der Waals surface area contributed by atoms with Crippen LogP contribution in [0, 0.1) is 17.0 Å². The van der Waals surface area contributed by atoms with Gasteiger partial charge in [-0.1, -0.05) is 0 Å². The fourth-order valence-electron chi connectivity index (χ4n) is 1.25. The number of hydrogen-bond acceptors (Lipinski definition) is 4. The van der Waals surface area contributed by atoms with Gasteiger partial charge in [-0.3, -0.25) is 10.1 Å². The standard InChI is InChI=1S/C9H8BrNO5/c1-4-2-7(11(15)16)6(10)3-5(4)8(12)9(13)14/h2-3,8,12H,1H3,(H,13,14). The molecular formula is C9H8BrNO5. The van der Waals surface area contributed by atoms with E-state index in [-0.39, 0.29) is 15.7 Å². The molecule has 0 saturated carbocycles. The Bertz CT molecular complexity index is 459. The Morgan fingerprint density at radius 1 is 1.56 bits per heavy atom. The highest BCUT2D eigenvalue weighted by Crippen LogP contribution is 2.31. The van der Waals surface area contributed by atoms with Crippen LogP contribution in [0.15, 0.2) is 16.6 Å². The van der Waals surface area contributed by atoms with Gasteiger partial charge in [-0.25, -0.2) is 4.79 Å². The Hall–Kier alpha value is -1.47. The summed E-state index contributed by atoms with van der Waals surface area (Å²) in [6, 6.07) is 2.46. The second-order valence-corrected chi connectivity index (χ2v) is 4.01. The molecule has 0 radical (unpaired) electrons. The highest BCUT2D eigenvalue weighted by Gasteiger charge is 2.22. The fraction of sp³-hybridized carbons (Fsp3) is 0.222. The van der Waals surface area contributed by atoms with Crippen molar-refractivity contribution in [3.63, 3.8) is 0 Å². The van der Waals surface area contributed by atoms with Crippen molar-refractivity contribution in [2.24, 2.45) is 0 Å². The number of nitro groups is 1. The summed E-state index contributed by atoms with van der Waals surface area (Å²) in [5.74, 6) is -1.40. The van der Waals surface area contributed by atoms with Gasteiger partial charge in [-0.2, -0.15) is 0 Å². The molecule has 7 heteroatoms. The van der Waals surface area contributed by atoms with Crippen molar-refractivity contribution in [1.29, 1.82) is 0 Å². The summed E-state index contributed by atoms with van der Waals surface area (Å²) in [6.45, 7) is 1.50. The van der Waals surface area contributed by atoms with Gasteiger partial charge in [0.15, 0.2) is 6.10 Å². The number of hydrogen-bond donors (Lipinski definition) is 2. The van der Waals surface area contributed by atoms with E-state index in [0.29, 0.717) is 5.56 Å². The zero-order valence-electron chi connectivity index (χ0n) is 8.18. The molecule has 1 unspecified atom stereocenters. The molecule has 1 rings (SSSR count). The van der Waals surface area contributed by atoms with Crippen LogP contribution in [0.25, 0.3) is 0 Å². The van der Waals surface area contributed by atoms with Gasteiger partial charge in [0.1, 0.15) is 0 Å². The molecule has 0 aliphatic rings. The number of carboxylic acid groups (broad SMARTS) is 1. The van der Waals surface area contributed by atoms with Crippen LogP contribution in [0.2, 0.25) is 0 Å². The Morgan fingerprint density at radius 2 is 2.12 bits per heavy atom. The Labute approximate surface area is 98.8 Å². The molecule has 0 saturated heterocycles. The monoisotopic (exact) mass is 289 g/mol. The minimum atomic E-state index is -1.68. The lowest BCUT2D eigenvalue weighted by Crippen LogP contribution is -2.12. The fourth-order valence-corrected chi connectivity index (χ4v) is 1.76. The average molecular weight is 290 g/mol. The quantitative estimate of drug-likeness (QED) is 0.652.